The van der Waals surface area contributed by atoms with Crippen molar-refractivity contribution in [2.75, 3.05) is 23.7 Å². The van der Waals surface area contributed by atoms with E-state index in [9.17, 15) is 4.79 Å². The van der Waals surface area contributed by atoms with Gasteiger partial charge in [-0.2, -0.15) is 0 Å². The van der Waals surface area contributed by atoms with Gasteiger partial charge >= 0.3 is 6.03 Å². The number of hydrogen-bond donors (Lipinski definition) is 3. The number of likely N-dealkylation sites (tertiary alicyclic amines) is 1. The third-order valence-corrected chi connectivity index (χ3v) is 5.26. The fourth-order valence-electron chi connectivity index (χ4n) is 3.62. The molecule has 154 valence electrons. The molecular formula is C23H31N5O. The number of nitrogens with zero attached hydrogens (tertiary/aromatic N) is 2. The highest BCUT2D eigenvalue weighted by Gasteiger charge is 2.17. The maximum atomic E-state index is 12.3. The summed E-state index contributed by atoms with van der Waals surface area (Å²) in [5.74, 6) is 0.395. The summed E-state index contributed by atoms with van der Waals surface area (Å²) in [6, 6.07) is 14.0. The molecule has 2 aromatic carbocycles. The van der Waals surface area contributed by atoms with Crippen molar-refractivity contribution in [2.24, 2.45) is 10.7 Å². The second-order valence-electron chi connectivity index (χ2n) is 7.31. The SMILES string of the molecule is CCc1cccc(CC)c1NC(N)=NCc1cccc(NC(=O)N2CCCC2)c1. The molecule has 0 aliphatic carbocycles. The van der Waals surface area contributed by atoms with Crippen molar-refractivity contribution in [1.29, 1.82) is 0 Å². The van der Waals surface area contributed by atoms with Crippen LogP contribution in [0.3, 0.4) is 0 Å². The van der Waals surface area contributed by atoms with Gasteiger partial charge < -0.3 is 21.3 Å². The van der Waals surface area contributed by atoms with E-state index in [1.165, 1.54) is 11.1 Å². The van der Waals surface area contributed by atoms with Crippen LogP contribution in [0.15, 0.2) is 47.5 Å². The number of anilines is 2. The van der Waals surface area contributed by atoms with E-state index in [2.05, 4.69) is 47.7 Å². The van der Waals surface area contributed by atoms with Gasteiger partial charge in [0, 0.05) is 24.5 Å². The fraction of sp³-hybridized carbons (Fsp3) is 0.391. The van der Waals surface area contributed by atoms with Gasteiger partial charge in [-0.3, -0.25) is 0 Å². The van der Waals surface area contributed by atoms with Gasteiger partial charge in [0.05, 0.1) is 6.54 Å². The summed E-state index contributed by atoms with van der Waals surface area (Å²) >= 11 is 0. The summed E-state index contributed by atoms with van der Waals surface area (Å²) in [6.45, 7) is 6.38. The molecule has 29 heavy (non-hydrogen) atoms. The van der Waals surface area contributed by atoms with Gasteiger partial charge in [-0.15, -0.1) is 0 Å². The lowest BCUT2D eigenvalue weighted by Gasteiger charge is -2.16. The molecule has 3 rings (SSSR count). The smallest absolute Gasteiger partial charge is 0.321 e. The minimum absolute atomic E-state index is 0.0346. The van der Waals surface area contributed by atoms with Gasteiger partial charge in [0.15, 0.2) is 5.96 Å². The molecule has 6 nitrogen and oxygen atoms in total. The van der Waals surface area contributed by atoms with Crippen molar-refractivity contribution >= 4 is 23.4 Å². The summed E-state index contributed by atoms with van der Waals surface area (Å²) in [5, 5.41) is 6.26. The predicted octanol–water partition coefficient (Wildman–Crippen LogP) is 4.37. The Bertz CT molecular complexity index is 849. The lowest BCUT2D eigenvalue weighted by Crippen LogP contribution is -2.32. The van der Waals surface area contributed by atoms with E-state index in [1.54, 1.807) is 0 Å². The van der Waals surface area contributed by atoms with Crippen LogP contribution in [-0.4, -0.2) is 30.0 Å². The molecule has 4 N–H and O–H groups in total. The van der Waals surface area contributed by atoms with Crippen LogP contribution in [0, 0.1) is 0 Å². The van der Waals surface area contributed by atoms with Gasteiger partial charge in [-0.25, -0.2) is 9.79 Å². The highest BCUT2D eigenvalue weighted by Crippen LogP contribution is 2.22. The lowest BCUT2D eigenvalue weighted by atomic mass is 10.0. The van der Waals surface area contributed by atoms with Crippen LogP contribution < -0.4 is 16.4 Å². The molecule has 1 aliphatic rings. The van der Waals surface area contributed by atoms with Gasteiger partial charge in [-0.1, -0.05) is 44.2 Å². The van der Waals surface area contributed by atoms with Crippen molar-refractivity contribution in [1.82, 2.24) is 4.90 Å². The summed E-state index contributed by atoms with van der Waals surface area (Å²) in [5.41, 5.74) is 11.5. The number of aryl methyl sites for hydroxylation is 2. The molecule has 0 bridgehead atoms. The molecule has 0 unspecified atom stereocenters. The molecule has 1 aliphatic heterocycles. The predicted molar refractivity (Wildman–Crippen MR) is 120 cm³/mol. The quantitative estimate of drug-likeness (QED) is 0.503. The average molecular weight is 394 g/mol. The Hall–Kier alpha value is -3.02. The first-order chi connectivity index (χ1) is 14.1. The number of aliphatic imine (C=N–C) groups is 1. The van der Waals surface area contributed by atoms with Gasteiger partial charge in [0.1, 0.15) is 0 Å². The number of benzene rings is 2. The molecule has 2 amide bonds. The molecule has 2 aromatic rings. The van der Waals surface area contributed by atoms with Crippen LogP contribution in [0.1, 0.15) is 43.4 Å². The van der Waals surface area contributed by atoms with E-state index in [-0.39, 0.29) is 6.03 Å². The first-order valence-corrected chi connectivity index (χ1v) is 10.4. The normalized spacial score (nSPS) is 14.1. The fourth-order valence-corrected chi connectivity index (χ4v) is 3.62. The van der Waals surface area contributed by atoms with Crippen LogP contribution >= 0.6 is 0 Å². The summed E-state index contributed by atoms with van der Waals surface area (Å²) in [6.07, 6.45) is 4.02. The summed E-state index contributed by atoms with van der Waals surface area (Å²) < 4.78 is 0. The zero-order valence-electron chi connectivity index (χ0n) is 17.4. The highest BCUT2D eigenvalue weighted by molar-refractivity contribution is 5.94. The highest BCUT2D eigenvalue weighted by atomic mass is 16.2. The molecule has 0 radical (unpaired) electrons. The van der Waals surface area contributed by atoms with Crippen LogP contribution in [0.2, 0.25) is 0 Å². The van der Waals surface area contributed by atoms with Gasteiger partial charge in [-0.05, 0) is 54.5 Å². The third kappa shape index (κ3) is 5.50. The molecule has 0 aromatic heterocycles. The number of rotatable bonds is 6. The largest absolute Gasteiger partial charge is 0.370 e. The topological polar surface area (TPSA) is 82.7 Å². The Balaban J connectivity index is 1.64. The van der Waals surface area contributed by atoms with Crippen molar-refractivity contribution in [3.05, 3.63) is 59.2 Å². The number of para-hydroxylation sites is 1. The molecule has 6 heteroatoms. The van der Waals surface area contributed by atoms with E-state index in [4.69, 9.17) is 5.73 Å². The molecule has 0 spiro atoms. The van der Waals surface area contributed by atoms with E-state index in [0.717, 1.165) is 55.7 Å². The monoisotopic (exact) mass is 393 g/mol. The Morgan fingerprint density at radius 3 is 2.34 bits per heavy atom. The number of amides is 2. The first-order valence-electron chi connectivity index (χ1n) is 10.4. The van der Waals surface area contributed by atoms with Crippen molar-refractivity contribution in [2.45, 2.75) is 46.1 Å². The van der Waals surface area contributed by atoms with Crippen LogP contribution in [0.4, 0.5) is 16.2 Å². The molecule has 0 atom stereocenters. The number of urea groups is 1. The number of carbonyl (C=O) groups is 1. The minimum Gasteiger partial charge on any atom is -0.370 e. The third-order valence-electron chi connectivity index (χ3n) is 5.26. The van der Waals surface area contributed by atoms with E-state index < -0.39 is 0 Å². The zero-order valence-corrected chi connectivity index (χ0v) is 17.4. The summed E-state index contributed by atoms with van der Waals surface area (Å²) in [4.78, 5) is 18.6. The maximum Gasteiger partial charge on any atom is 0.321 e. The number of guanidine groups is 1. The van der Waals surface area contributed by atoms with Crippen LogP contribution in [0.25, 0.3) is 0 Å². The van der Waals surface area contributed by atoms with E-state index >= 15 is 0 Å². The average Bonchev–Trinajstić information content (AvgIpc) is 3.28. The Labute approximate surface area is 173 Å². The Morgan fingerprint density at radius 2 is 1.69 bits per heavy atom. The molecule has 0 saturated carbocycles. The van der Waals surface area contributed by atoms with E-state index in [1.807, 2.05) is 29.2 Å². The Kier molecular flexibility index (Phi) is 7.11. The van der Waals surface area contributed by atoms with Crippen molar-refractivity contribution < 1.29 is 4.79 Å². The van der Waals surface area contributed by atoms with Crippen LogP contribution in [-0.2, 0) is 19.4 Å². The number of nitrogens with two attached hydrogens (primary N) is 1. The second-order valence-corrected chi connectivity index (χ2v) is 7.31. The molecule has 1 fully saturated rings. The number of hydrogen-bond acceptors (Lipinski definition) is 2. The van der Waals surface area contributed by atoms with Gasteiger partial charge in [0.25, 0.3) is 0 Å². The minimum atomic E-state index is -0.0346. The lowest BCUT2D eigenvalue weighted by molar-refractivity contribution is 0.222. The molecular weight excluding hydrogens is 362 g/mol. The van der Waals surface area contributed by atoms with Gasteiger partial charge in [0.2, 0.25) is 0 Å². The maximum absolute atomic E-state index is 12.3. The Morgan fingerprint density at radius 1 is 1.03 bits per heavy atom. The molecule has 1 saturated heterocycles. The first kappa shape index (κ1) is 20.7. The zero-order chi connectivity index (χ0) is 20.6. The number of carbonyl (C=O) groups excluding carboxylic acids is 1. The van der Waals surface area contributed by atoms with Crippen molar-refractivity contribution in [3.63, 3.8) is 0 Å². The number of nitrogens with one attached hydrogen (secondary N) is 2. The van der Waals surface area contributed by atoms with Crippen molar-refractivity contribution in [3.8, 4) is 0 Å². The van der Waals surface area contributed by atoms with Crippen LogP contribution in [0.5, 0.6) is 0 Å². The molecule has 1 heterocycles. The standard InChI is InChI=1S/C23H31N5O/c1-3-18-10-8-11-19(4-2)21(18)27-22(24)25-16-17-9-7-12-20(15-17)26-23(29)28-13-5-6-14-28/h7-12,15H,3-6,13-14,16H2,1-2H3,(H,26,29)(H3,24,25,27). The van der Waals surface area contributed by atoms with E-state index in [0.29, 0.717) is 12.5 Å². The summed E-state index contributed by atoms with van der Waals surface area (Å²) in [7, 11) is 0. The second kappa shape index (κ2) is 9.96.